The molecule has 2 aromatic rings. The standard InChI is InChI=1S/C19H25F2N3O4/c1-4-22-18(24-12-19(2,25)16-6-5-9-27-16)23-11-13-10-14(26-3)7-8-15(13)28-17(20)21/h5-10,17,25H,4,11-12H2,1-3H3,(H2,22,23,24). The molecule has 0 radical (unpaired) electrons. The Kier molecular flexibility index (Phi) is 7.62. The average molecular weight is 397 g/mol. The maximum atomic E-state index is 12.6. The molecule has 0 spiro atoms. The number of rotatable bonds is 9. The van der Waals surface area contributed by atoms with E-state index in [1.165, 1.54) is 25.5 Å². The second-order valence-corrected chi connectivity index (χ2v) is 6.15. The van der Waals surface area contributed by atoms with Gasteiger partial charge in [0.05, 0.1) is 26.5 Å². The van der Waals surface area contributed by atoms with Crippen LogP contribution in [0.2, 0.25) is 0 Å². The molecule has 0 saturated heterocycles. The van der Waals surface area contributed by atoms with E-state index in [1.54, 1.807) is 25.1 Å². The number of halogens is 2. The molecule has 1 aromatic heterocycles. The summed E-state index contributed by atoms with van der Waals surface area (Å²) in [5.41, 5.74) is -0.811. The van der Waals surface area contributed by atoms with E-state index in [2.05, 4.69) is 20.4 Å². The molecule has 1 aromatic carbocycles. The highest BCUT2D eigenvalue weighted by atomic mass is 19.3. The van der Waals surface area contributed by atoms with Gasteiger partial charge in [-0.2, -0.15) is 8.78 Å². The van der Waals surface area contributed by atoms with Crippen molar-refractivity contribution in [3.63, 3.8) is 0 Å². The first kappa shape index (κ1) is 21.5. The highest BCUT2D eigenvalue weighted by Gasteiger charge is 2.26. The summed E-state index contributed by atoms with van der Waals surface area (Å²) >= 11 is 0. The molecule has 3 N–H and O–H groups in total. The van der Waals surface area contributed by atoms with Crippen molar-refractivity contribution in [3.05, 3.63) is 47.9 Å². The molecule has 1 unspecified atom stereocenters. The maximum Gasteiger partial charge on any atom is 0.387 e. The first-order valence-electron chi connectivity index (χ1n) is 8.76. The van der Waals surface area contributed by atoms with Crippen LogP contribution < -0.4 is 20.1 Å². The van der Waals surface area contributed by atoms with Gasteiger partial charge in [-0.05, 0) is 44.2 Å². The number of nitrogens with one attached hydrogen (secondary N) is 2. The lowest BCUT2D eigenvalue weighted by molar-refractivity contribution is -0.0504. The Balaban J connectivity index is 2.13. The number of methoxy groups -OCH3 is 1. The topological polar surface area (TPSA) is 88.3 Å². The molecular formula is C19H25F2N3O4. The maximum absolute atomic E-state index is 12.6. The van der Waals surface area contributed by atoms with Crippen LogP contribution in [0.3, 0.4) is 0 Å². The third kappa shape index (κ3) is 6.12. The lowest BCUT2D eigenvalue weighted by atomic mass is 10.0. The number of guanidine groups is 1. The molecule has 1 atom stereocenters. The number of alkyl halides is 2. The van der Waals surface area contributed by atoms with E-state index in [0.717, 1.165) is 0 Å². The summed E-state index contributed by atoms with van der Waals surface area (Å²) in [4.78, 5) is 4.38. The van der Waals surface area contributed by atoms with E-state index in [9.17, 15) is 13.9 Å². The Morgan fingerprint density at radius 2 is 2.11 bits per heavy atom. The number of aliphatic imine (C=N–C) groups is 1. The minimum absolute atomic E-state index is 0.0259. The highest BCUT2D eigenvalue weighted by molar-refractivity contribution is 5.79. The van der Waals surface area contributed by atoms with Gasteiger partial charge < -0.3 is 29.6 Å². The van der Waals surface area contributed by atoms with Crippen LogP contribution >= 0.6 is 0 Å². The summed E-state index contributed by atoms with van der Waals surface area (Å²) in [7, 11) is 1.48. The number of aliphatic hydroxyl groups is 1. The average Bonchev–Trinajstić information content (AvgIpc) is 3.20. The Hall–Kier alpha value is -2.81. The second kappa shape index (κ2) is 9.93. The molecule has 0 aliphatic carbocycles. The normalized spacial score (nSPS) is 13.9. The monoisotopic (exact) mass is 397 g/mol. The third-order valence-corrected chi connectivity index (χ3v) is 3.89. The first-order valence-corrected chi connectivity index (χ1v) is 8.76. The summed E-state index contributed by atoms with van der Waals surface area (Å²) in [6.45, 7) is 1.33. The molecule has 0 bridgehead atoms. The molecule has 2 rings (SSSR count). The van der Waals surface area contributed by atoms with E-state index >= 15 is 0 Å². The van der Waals surface area contributed by atoms with Crippen molar-refractivity contribution in [2.45, 2.75) is 32.6 Å². The molecular weight excluding hydrogens is 372 g/mol. The van der Waals surface area contributed by atoms with Gasteiger partial charge in [-0.1, -0.05) is 0 Å². The molecule has 154 valence electrons. The van der Waals surface area contributed by atoms with Crippen LogP contribution in [0.1, 0.15) is 25.2 Å². The number of furan rings is 1. The van der Waals surface area contributed by atoms with E-state index in [-0.39, 0.29) is 18.8 Å². The van der Waals surface area contributed by atoms with Crippen LogP contribution in [-0.2, 0) is 12.1 Å². The quantitative estimate of drug-likeness (QED) is 0.446. The van der Waals surface area contributed by atoms with Gasteiger partial charge in [-0.15, -0.1) is 0 Å². The zero-order valence-corrected chi connectivity index (χ0v) is 16.0. The Morgan fingerprint density at radius 3 is 2.71 bits per heavy atom. The van der Waals surface area contributed by atoms with Gasteiger partial charge in [0.15, 0.2) is 5.96 Å². The van der Waals surface area contributed by atoms with Crippen LogP contribution in [0.15, 0.2) is 46.0 Å². The lowest BCUT2D eigenvalue weighted by Gasteiger charge is -2.22. The Morgan fingerprint density at radius 1 is 1.32 bits per heavy atom. The van der Waals surface area contributed by atoms with Gasteiger partial charge >= 0.3 is 6.61 Å². The van der Waals surface area contributed by atoms with E-state index in [1.807, 2.05) is 6.92 Å². The van der Waals surface area contributed by atoms with Gasteiger partial charge in [0.1, 0.15) is 22.9 Å². The lowest BCUT2D eigenvalue weighted by Crippen LogP contribution is -2.44. The zero-order chi connectivity index (χ0) is 20.6. The van der Waals surface area contributed by atoms with Gasteiger partial charge in [0.25, 0.3) is 0 Å². The molecule has 7 nitrogen and oxygen atoms in total. The second-order valence-electron chi connectivity index (χ2n) is 6.15. The number of nitrogens with zero attached hydrogens (tertiary/aromatic N) is 1. The van der Waals surface area contributed by atoms with Crippen molar-refractivity contribution >= 4 is 5.96 Å². The number of benzene rings is 1. The van der Waals surface area contributed by atoms with Gasteiger partial charge in [0, 0.05) is 12.1 Å². The van der Waals surface area contributed by atoms with Gasteiger partial charge in [-0.25, -0.2) is 4.99 Å². The minimum atomic E-state index is -2.94. The van der Waals surface area contributed by atoms with Crippen LogP contribution in [0.4, 0.5) is 8.78 Å². The molecule has 0 saturated carbocycles. The predicted octanol–water partition coefficient (Wildman–Crippen LogP) is 2.85. The van der Waals surface area contributed by atoms with Crippen LogP contribution in [0, 0.1) is 0 Å². The fourth-order valence-corrected chi connectivity index (χ4v) is 2.45. The molecule has 1 heterocycles. The van der Waals surface area contributed by atoms with Crippen molar-refractivity contribution in [2.75, 3.05) is 20.2 Å². The van der Waals surface area contributed by atoms with Crippen LogP contribution in [0.5, 0.6) is 11.5 Å². The summed E-state index contributed by atoms with van der Waals surface area (Å²) < 4.78 is 40.2. The SMILES string of the molecule is CCNC(=NCc1cc(OC)ccc1OC(F)F)NCC(C)(O)c1ccco1. The van der Waals surface area contributed by atoms with Crippen molar-refractivity contribution in [1.82, 2.24) is 10.6 Å². The number of ether oxygens (including phenoxy) is 2. The van der Waals surface area contributed by atoms with Gasteiger partial charge in [0.2, 0.25) is 0 Å². The predicted molar refractivity (Wildman–Crippen MR) is 101 cm³/mol. The van der Waals surface area contributed by atoms with Crippen LogP contribution in [0.25, 0.3) is 0 Å². The summed E-state index contributed by atoms with van der Waals surface area (Å²) in [6, 6.07) is 7.91. The molecule has 9 heteroatoms. The smallest absolute Gasteiger partial charge is 0.387 e. The van der Waals surface area contributed by atoms with Crippen molar-refractivity contribution < 1.29 is 27.8 Å². The van der Waals surface area contributed by atoms with Crippen molar-refractivity contribution in [3.8, 4) is 11.5 Å². The van der Waals surface area contributed by atoms with Crippen LogP contribution in [-0.4, -0.2) is 37.9 Å². The largest absolute Gasteiger partial charge is 0.497 e. The third-order valence-electron chi connectivity index (χ3n) is 3.89. The van der Waals surface area contributed by atoms with E-state index in [4.69, 9.17) is 9.15 Å². The Bertz CT molecular complexity index is 765. The molecule has 0 fully saturated rings. The van der Waals surface area contributed by atoms with Gasteiger partial charge in [-0.3, -0.25) is 0 Å². The fourth-order valence-electron chi connectivity index (χ4n) is 2.45. The molecule has 28 heavy (non-hydrogen) atoms. The van der Waals surface area contributed by atoms with E-state index in [0.29, 0.717) is 29.6 Å². The first-order chi connectivity index (χ1) is 13.4. The number of hydrogen-bond donors (Lipinski definition) is 3. The minimum Gasteiger partial charge on any atom is -0.497 e. The molecule has 0 aliphatic rings. The fraction of sp³-hybridized carbons (Fsp3) is 0.421. The van der Waals surface area contributed by atoms with Crippen molar-refractivity contribution in [1.29, 1.82) is 0 Å². The van der Waals surface area contributed by atoms with Crippen molar-refractivity contribution in [2.24, 2.45) is 4.99 Å². The number of hydrogen-bond acceptors (Lipinski definition) is 5. The summed E-state index contributed by atoms with van der Waals surface area (Å²) in [6.07, 6.45) is 1.48. The molecule has 0 aliphatic heterocycles. The summed E-state index contributed by atoms with van der Waals surface area (Å²) in [5, 5.41) is 16.6. The summed E-state index contributed by atoms with van der Waals surface area (Å²) in [5.74, 6) is 1.35. The zero-order valence-electron chi connectivity index (χ0n) is 16.0. The Labute approximate surface area is 162 Å². The molecule has 0 amide bonds. The van der Waals surface area contributed by atoms with E-state index < -0.39 is 12.2 Å². The highest BCUT2D eigenvalue weighted by Crippen LogP contribution is 2.26.